The topological polar surface area (TPSA) is 49.3 Å². The van der Waals surface area contributed by atoms with Gasteiger partial charge in [0.2, 0.25) is 0 Å². The number of allylic oxidation sites excluding steroid dienone is 1. The fourth-order valence-corrected chi connectivity index (χ4v) is 1.94. The van der Waals surface area contributed by atoms with Crippen LogP contribution in [0.15, 0.2) is 12.2 Å². The van der Waals surface area contributed by atoms with Crippen LogP contribution in [0.1, 0.15) is 44.9 Å². The fourth-order valence-electron chi connectivity index (χ4n) is 1.94. The Kier molecular flexibility index (Phi) is 5.30. The van der Waals surface area contributed by atoms with Crippen LogP contribution in [0.2, 0.25) is 0 Å². The molecule has 0 aromatic heterocycles. The number of carbonyl (C=O) groups is 1. The highest BCUT2D eigenvalue weighted by molar-refractivity contribution is 5.86. The van der Waals surface area contributed by atoms with Gasteiger partial charge < -0.3 is 0 Å². The molecule has 0 unspecified atom stereocenters. The third kappa shape index (κ3) is 4.42. The number of rotatable bonds is 2. The highest BCUT2D eigenvalue weighted by atomic mass is 16.5. The van der Waals surface area contributed by atoms with E-state index in [2.05, 4.69) is 0 Å². The number of hydroxylamine groups is 1. The quantitative estimate of drug-likeness (QED) is 0.406. The summed E-state index contributed by atoms with van der Waals surface area (Å²) < 4.78 is 0. The molecule has 0 aromatic rings. The lowest BCUT2D eigenvalue weighted by molar-refractivity contribution is -0.124. The Hall–Kier alpha value is -0.830. The van der Waals surface area contributed by atoms with Crippen molar-refractivity contribution < 1.29 is 10.0 Å². The van der Waals surface area contributed by atoms with E-state index in [1.54, 1.807) is 5.48 Å². The van der Waals surface area contributed by atoms with Crippen molar-refractivity contribution in [2.24, 2.45) is 5.92 Å². The van der Waals surface area contributed by atoms with E-state index in [4.69, 9.17) is 5.21 Å². The molecule has 0 radical (unpaired) electrons. The molecule has 3 heteroatoms. The Bertz CT molecular complexity index is 193. The van der Waals surface area contributed by atoms with E-state index in [0.717, 1.165) is 0 Å². The highest BCUT2D eigenvalue weighted by Gasteiger charge is 2.08. The largest absolute Gasteiger partial charge is 0.288 e. The maximum atomic E-state index is 10.8. The van der Waals surface area contributed by atoms with E-state index >= 15 is 0 Å². The average Bonchev–Trinajstić information content (AvgIpc) is 2.15. The van der Waals surface area contributed by atoms with Gasteiger partial charge in [0.25, 0.3) is 5.91 Å². The lowest BCUT2D eigenvalue weighted by Gasteiger charge is -2.15. The molecule has 3 nitrogen and oxygen atoms in total. The van der Waals surface area contributed by atoms with Crippen LogP contribution in [-0.4, -0.2) is 11.1 Å². The van der Waals surface area contributed by atoms with E-state index in [-0.39, 0.29) is 0 Å². The third-order valence-corrected chi connectivity index (χ3v) is 2.78. The van der Waals surface area contributed by atoms with Crippen molar-refractivity contribution >= 4 is 5.91 Å². The van der Waals surface area contributed by atoms with Crippen LogP contribution in [0.4, 0.5) is 0 Å². The van der Waals surface area contributed by atoms with Crippen LogP contribution >= 0.6 is 0 Å². The van der Waals surface area contributed by atoms with E-state index in [1.165, 1.54) is 51.0 Å². The molecule has 0 atom stereocenters. The monoisotopic (exact) mass is 197 g/mol. The van der Waals surface area contributed by atoms with Crippen LogP contribution in [0.3, 0.4) is 0 Å². The molecule has 2 N–H and O–H groups in total. The second-order valence-corrected chi connectivity index (χ2v) is 3.94. The number of amides is 1. The van der Waals surface area contributed by atoms with Crippen molar-refractivity contribution in [3.63, 3.8) is 0 Å². The molecule has 1 amide bonds. The van der Waals surface area contributed by atoms with Gasteiger partial charge in [0.15, 0.2) is 0 Å². The summed E-state index contributed by atoms with van der Waals surface area (Å²) in [5, 5.41) is 8.31. The summed E-state index contributed by atoms with van der Waals surface area (Å²) in [6, 6.07) is 0. The molecule has 80 valence electrons. The minimum Gasteiger partial charge on any atom is -0.288 e. The number of hydrogen-bond donors (Lipinski definition) is 2. The maximum Gasteiger partial charge on any atom is 0.267 e. The van der Waals surface area contributed by atoms with Gasteiger partial charge in [-0.2, -0.15) is 0 Å². The molecule has 0 aliphatic heterocycles. The lowest BCUT2D eigenvalue weighted by atomic mass is 9.91. The molecule has 0 saturated heterocycles. The van der Waals surface area contributed by atoms with Gasteiger partial charge in [-0.25, -0.2) is 5.48 Å². The molecule has 1 aliphatic carbocycles. The van der Waals surface area contributed by atoms with E-state index in [9.17, 15) is 4.79 Å². The molecular weight excluding hydrogens is 178 g/mol. The Morgan fingerprint density at radius 1 is 1.14 bits per heavy atom. The van der Waals surface area contributed by atoms with Crippen LogP contribution in [-0.2, 0) is 4.79 Å². The van der Waals surface area contributed by atoms with Gasteiger partial charge in [0.05, 0.1) is 0 Å². The average molecular weight is 197 g/mol. The molecule has 14 heavy (non-hydrogen) atoms. The van der Waals surface area contributed by atoms with Gasteiger partial charge in [0.1, 0.15) is 0 Å². The summed E-state index contributed by atoms with van der Waals surface area (Å²) in [7, 11) is 0. The van der Waals surface area contributed by atoms with Gasteiger partial charge in [0, 0.05) is 6.08 Å². The van der Waals surface area contributed by atoms with Gasteiger partial charge in [-0.1, -0.05) is 38.2 Å². The van der Waals surface area contributed by atoms with E-state index in [0.29, 0.717) is 5.92 Å². The highest BCUT2D eigenvalue weighted by Crippen LogP contribution is 2.22. The zero-order valence-electron chi connectivity index (χ0n) is 8.54. The Balaban J connectivity index is 2.33. The molecular formula is C11H19NO2. The third-order valence-electron chi connectivity index (χ3n) is 2.78. The van der Waals surface area contributed by atoms with Gasteiger partial charge >= 0.3 is 0 Å². The predicted octanol–water partition coefficient (Wildman–Crippen LogP) is 2.41. The Morgan fingerprint density at radius 2 is 1.71 bits per heavy atom. The first-order valence-corrected chi connectivity index (χ1v) is 5.45. The molecule has 0 spiro atoms. The van der Waals surface area contributed by atoms with E-state index < -0.39 is 5.91 Å². The summed E-state index contributed by atoms with van der Waals surface area (Å²) >= 11 is 0. The van der Waals surface area contributed by atoms with Crippen LogP contribution in [0.5, 0.6) is 0 Å². The first-order chi connectivity index (χ1) is 6.83. The zero-order chi connectivity index (χ0) is 10.2. The molecule has 0 heterocycles. The summed E-state index contributed by atoms with van der Waals surface area (Å²) in [6.07, 6.45) is 12.2. The Labute approximate surface area is 85.2 Å². The Morgan fingerprint density at radius 3 is 2.29 bits per heavy atom. The number of carbonyl (C=O) groups excluding carboxylic acids is 1. The van der Waals surface area contributed by atoms with Crippen molar-refractivity contribution in [3.8, 4) is 0 Å². The van der Waals surface area contributed by atoms with Crippen molar-refractivity contribution in [1.82, 2.24) is 5.48 Å². The lowest BCUT2D eigenvalue weighted by Crippen LogP contribution is -2.15. The number of nitrogens with one attached hydrogen (secondary N) is 1. The van der Waals surface area contributed by atoms with Crippen LogP contribution in [0, 0.1) is 5.92 Å². The molecule has 0 aromatic carbocycles. The van der Waals surface area contributed by atoms with E-state index in [1.807, 2.05) is 6.08 Å². The van der Waals surface area contributed by atoms with Crippen molar-refractivity contribution in [3.05, 3.63) is 12.2 Å². The maximum absolute atomic E-state index is 10.8. The van der Waals surface area contributed by atoms with Crippen molar-refractivity contribution in [2.75, 3.05) is 0 Å². The molecule has 0 bridgehead atoms. The second-order valence-electron chi connectivity index (χ2n) is 3.94. The van der Waals surface area contributed by atoms with Crippen LogP contribution in [0.25, 0.3) is 0 Å². The summed E-state index contributed by atoms with van der Waals surface area (Å²) in [4.78, 5) is 10.8. The SMILES string of the molecule is O=C(/C=C/C1CCCCCCC1)NO. The van der Waals surface area contributed by atoms with Crippen LogP contribution < -0.4 is 5.48 Å². The summed E-state index contributed by atoms with van der Waals surface area (Å²) in [6.45, 7) is 0. The minimum absolute atomic E-state index is 0.424. The predicted molar refractivity (Wildman–Crippen MR) is 54.9 cm³/mol. The molecule has 1 rings (SSSR count). The summed E-state index contributed by atoms with van der Waals surface area (Å²) in [5.74, 6) is 0.0969. The summed E-state index contributed by atoms with van der Waals surface area (Å²) in [5.41, 5.74) is 1.61. The minimum atomic E-state index is -0.424. The van der Waals surface area contributed by atoms with Crippen molar-refractivity contribution in [2.45, 2.75) is 44.9 Å². The molecule has 1 saturated carbocycles. The molecule has 1 fully saturated rings. The van der Waals surface area contributed by atoms with Gasteiger partial charge in [-0.05, 0) is 18.8 Å². The first kappa shape index (κ1) is 11.2. The van der Waals surface area contributed by atoms with Crippen molar-refractivity contribution in [1.29, 1.82) is 0 Å². The standard InChI is InChI=1S/C11H19NO2/c13-11(12-14)9-8-10-6-4-2-1-3-5-7-10/h8-10,14H,1-7H2,(H,12,13)/b9-8+. The molecule has 1 aliphatic rings. The smallest absolute Gasteiger partial charge is 0.267 e. The number of hydrogen-bond acceptors (Lipinski definition) is 2. The zero-order valence-corrected chi connectivity index (χ0v) is 8.54. The fraction of sp³-hybridized carbons (Fsp3) is 0.727. The van der Waals surface area contributed by atoms with Gasteiger partial charge in [-0.15, -0.1) is 0 Å². The van der Waals surface area contributed by atoms with Gasteiger partial charge in [-0.3, -0.25) is 10.0 Å². The second kappa shape index (κ2) is 6.60. The first-order valence-electron chi connectivity index (χ1n) is 5.45. The normalized spacial score (nSPS) is 20.4.